The molecule has 0 N–H and O–H groups in total. The predicted molar refractivity (Wildman–Crippen MR) is 116 cm³/mol. The number of benzene rings is 1. The third-order valence-electron chi connectivity index (χ3n) is 5.77. The zero-order chi connectivity index (χ0) is 23.8. The molecular weight excluding hydrogens is 485 g/mol. The molecule has 0 radical (unpaired) electrons. The average molecular weight is 507 g/mol. The molecule has 0 bridgehead atoms. The number of halogens is 4. The van der Waals surface area contributed by atoms with Gasteiger partial charge in [0, 0.05) is 31.2 Å². The first kappa shape index (κ1) is 23.8. The lowest BCUT2D eigenvalue weighted by atomic mass is 10.2. The molecule has 1 aromatic heterocycles. The van der Waals surface area contributed by atoms with Gasteiger partial charge in [-0.25, -0.2) is 8.42 Å². The highest BCUT2D eigenvalue weighted by Crippen LogP contribution is 2.32. The van der Waals surface area contributed by atoms with Crippen molar-refractivity contribution < 1.29 is 26.3 Å². The largest absolute Gasteiger partial charge is 0.511 e. The molecule has 1 saturated carbocycles. The maximum atomic E-state index is 13.3. The number of alkyl halides is 3. The molecule has 0 amide bonds. The summed E-state index contributed by atoms with van der Waals surface area (Å²) in [5.74, 6) is 0.0454. The number of aromatic nitrogens is 2. The molecule has 1 aliphatic heterocycles. The van der Waals surface area contributed by atoms with E-state index < -0.39 is 21.1 Å². The topological polar surface area (TPSA) is 84.7 Å². The van der Waals surface area contributed by atoms with Crippen molar-refractivity contribution in [2.75, 3.05) is 31.1 Å². The molecule has 2 fully saturated rings. The number of hydrogen-bond donors (Lipinski definition) is 0. The minimum absolute atomic E-state index is 0.0430. The highest BCUT2D eigenvalue weighted by Gasteiger charge is 2.50. The highest BCUT2D eigenvalue weighted by molar-refractivity contribution is 7.90. The van der Waals surface area contributed by atoms with Crippen LogP contribution >= 0.6 is 11.6 Å². The fourth-order valence-corrected chi connectivity index (χ4v) is 5.17. The Labute approximate surface area is 193 Å². The second-order valence-corrected chi connectivity index (χ2v) is 10.3. The van der Waals surface area contributed by atoms with Crippen LogP contribution < -0.4 is 15.2 Å². The first-order chi connectivity index (χ1) is 15.6. The van der Waals surface area contributed by atoms with E-state index in [0.717, 1.165) is 30.4 Å². The van der Waals surface area contributed by atoms with E-state index >= 15 is 0 Å². The van der Waals surface area contributed by atoms with Gasteiger partial charge in [0.15, 0.2) is 0 Å². The van der Waals surface area contributed by atoms with E-state index in [4.69, 9.17) is 16.3 Å². The van der Waals surface area contributed by atoms with Crippen LogP contribution in [0.2, 0.25) is 5.02 Å². The number of hydrogen-bond acceptors (Lipinski definition) is 6. The van der Waals surface area contributed by atoms with Crippen molar-refractivity contribution in [3.05, 3.63) is 45.8 Å². The van der Waals surface area contributed by atoms with Crippen LogP contribution in [0.4, 0.5) is 18.9 Å². The Balaban J connectivity index is 1.65. The van der Waals surface area contributed by atoms with Gasteiger partial charge in [0.25, 0.3) is 0 Å². The molecule has 180 valence electrons. The molecule has 33 heavy (non-hydrogen) atoms. The molecule has 1 aromatic carbocycles. The standard InChI is InChI=1S/C20H22ClF3N4O4S/c21-14-4-3-5-15(12-14)28-19(29)18(32-16-6-1-2-7-16)17(13-25-28)26-8-10-27(11-9-26)33(30,31)20(22,23)24/h3-5,12-13,16H,1-2,6-11H2. The molecule has 0 atom stereocenters. The van der Waals surface area contributed by atoms with Crippen molar-refractivity contribution in [1.82, 2.24) is 14.1 Å². The third kappa shape index (κ3) is 4.82. The number of sulfonamides is 1. The van der Waals surface area contributed by atoms with Gasteiger partial charge in [-0.3, -0.25) is 4.79 Å². The Morgan fingerprint density at radius 1 is 1.09 bits per heavy atom. The molecule has 2 aromatic rings. The van der Waals surface area contributed by atoms with Crippen LogP contribution in [0, 0.1) is 0 Å². The number of ether oxygens (including phenoxy) is 1. The molecule has 2 aliphatic rings. The third-order valence-corrected chi connectivity index (χ3v) is 7.63. The van der Waals surface area contributed by atoms with Gasteiger partial charge in [-0.1, -0.05) is 17.7 Å². The molecule has 4 rings (SSSR count). The zero-order valence-electron chi connectivity index (χ0n) is 17.5. The van der Waals surface area contributed by atoms with Crippen molar-refractivity contribution in [3.8, 4) is 11.4 Å². The number of rotatable bonds is 5. The summed E-state index contributed by atoms with van der Waals surface area (Å²) >= 11 is 6.04. The molecule has 0 spiro atoms. The minimum atomic E-state index is -5.41. The Kier molecular flexibility index (Phi) is 6.61. The minimum Gasteiger partial charge on any atom is -0.483 e. The summed E-state index contributed by atoms with van der Waals surface area (Å²) in [6.07, 6.45) is 4.79. The SMILES string of the molecule is O=c1c(OC2CCCC2)c(N2CCN(S(=O)(=O)C(F)(F)F)CC2)cnn1-c1cccc(Cl)c1. The molecule has 8 nitrogen and oxygen atoms in total. The highest BCUT2D eigenvalue weighted by atomic mass is 35.5. The van der Waals surface area contributed by atoms with Crippen LogP contribution in [-0.2, 0) is 10.0 Å². The van der Waals surface area contributed by atoms with E-state index in [1.54, 1.807) is 29.2 Å². The lowest BCUT2D eigenvalue weighted by molar-refractivity contribution is -0.0490. The summed E-state index contributed by atoms with van der Waals surface area (Å²) in [5, 5.41) is 4.64. The fourth-order valence-electron chi connectivity index (χ4n) is 4.05. The van der Waals surface area contributed by atoms with Gasteiger partial charge in [-0.2, -0.15) is 27.3 Å². The van der Waals surface area contributed by atoms with Gasteiger partial charge in [-0.15, -0.1) is 0 Å². The van der Waals surface area contributed by atoms with E-state index in [0.29, 0.717) is 20.7 Å². The Morgan fingerprint density at radius 2 is 1.76 bits per heavy atom. The Hall–Kier alpha value is -2.31. The average Bonchev–Trinajstić information content (AvgIpc) is 3.28. The smallest absolute Gasteiger partial charge is 0.483 e. The van der Waals surface area contributed by atoms with Gasteiger partial charge in [0.05, 0.1) is 18.0 Å². The summed E-state index contributed by atoms with van der Waals surface area (Å²) in [6.45, 7) is -0.832. The van der Waals surface area contributed by atoms with Crippen molar-refractivity contribution in [3.63, 3.8) is 0 Å². The molecule has 1 saturated heterocycles. The van der Waals surface area contributed by atoms with E-state index in [9.17, 15) is 26.4 Å². The second kappa shape index (κ2) is 9.15. The predicted octanol–water partition coefficient (Wildman–Crippen LogP) is 3.18. The van der Waals surface area contributed by atoms with Crippen LogP contribution in [0.1, 0.15) is 25.7 Å². The number of anilines is 1. The first-order valence-electron chi connectivity index (χ1n) is 10.4. The van der Waals surface area contributed by atoms with Crippen LogP contribution in [0.5, 0.6) is 5.75 Å². The summed E-state index contributed by atoms with van der Waals surface area (Å²) in [5.41, 5.74) is -5.11. The number of nitrogens with zero attached hydrogens (tertiary/aromatic N) is 4. The molecular formula is C20H22ClF3N4O4S. The van der Waals surface area contributed by atoms with E-state index in [1.807, 2.05) is 0 Å². The van der Waals surface area contributed by atoms with Gasteiger partial charge < -0.3 is 9.64 Å². The number of piperazine rings is 1. The van der Waals surface area contributed by atoms with Crippen LogP contribution in [0.25, 0.3) is 5.69 Å². The Morgan fingerprint density at radius 3 is 2.36 bits per heavy atom. The summed E-state index contributed by atoms with van der Waals surface area (Å²) in [4.78, 5) is 15.0. The van der Waals surface area contributed by atoms with Gasteiger partial charge >= 0.3 is 21.1 Å². The van der Waals surface area contributed by atoms with Crippen LogP contribution in [-0.4, -0.2) is 60.3 Å². The van der Waals surface area contributed by atoms with E-state index in [-0.39, 0.29) is 38.0 Å². The normalized spacial score (nSPS) is 18.6. The maximum Gasteiger partial charge on any atom is 0.511 e. The summed E-state index contributed by atoms with van der Waals surface area (Å²) in [6, 6.07) is 6.59. The zero-order valence-corrected chi connectivity index (χ0v) is 19.0. The molecule has 0 unspecified atom stereocenters. The fraction of sp³-hybridized carbons (Fsp3) is 0.500. The molecule has 2 heterocycles. The lowest BCUT2D eigenvalue weighted by Gasteiger charge is -2.36. The van der Waals surface area contributed by atoms with Crippen LogP contribution in [0.15, 0.2) is 35.3 Å². The van der Waals surface area contributed by atoms with Gasteiger partial charge in [0.2, 0.25) is 5.75 Å². The monoisotopic (exact) mass is 506 g/mol. The van der Waals surface area contributed by atoms with Crippen molar-refractivity contribution >= 4 is 27.3 Å². The van der Waals surface area contributed by atoms with E-state index in [1.165, 1.54) is 6.20 Å². The van der Waals surface area contributed by atoms with E-state index in [2.05, 4.69) is 5.10 Å². The first-order valence-corrected chi connectivity index (χ1v) is 12.3. The Bertz CT molecular complexity index is 1170. The maximum absolute atomic E-state index is 13.3. The van der Waals surface area contributed by atoms with Crippen LogP contribution in [0.3, 0.4) is 0 Å². The van der Waals surface area contributed by atoms with Gasteiger partial charge in [-0.05, 0) is 43.9 Å². The lowest BCUT2D eigenvalue weighted by Crippen LogP contribution is -2.52. The molecule has 1 aliphatic carbocycles. The second-order valence-electron chi connectivity index (χ2n) is 7.92. The quantitative estimate of drug-likeness (QED) is 0.619. The van der Waals surface area contributed by atoms with Crippen molar-refractivity contribution in [2.45, 2.75) is 37.3 Å². The summed E-state index contributed by atoms with van der Waals surface area (Å²) < 4.78 is 69.7. The van der Waals surface area contributed by atoms with Crippen molar-refractivity contribution in [1.29, 1.82) is 0 Å². The van der Waals surface area contributed by atoms with Crippen molar-refractivity contribution in [2.24, 2.45) is 0 Å². The van der Waals surface area contributed by atoms with Gasteiger partial charge in [0.1, 0.15) is 5.69 Å². The molecule has 13 heteroatoms. The summed E-state index contributed by atoms with van der Waals surface area (Å²) in [7, 11) is -5.41.